The molecule has 5 aliphatic rings. The molecular formula is C48H58ClN3O13. The van der Waals surface area contributed by atoms with Crippen LogP contribution in [0.5, 0.6) is 11.5 Å². The Kier molecular flexibility index (Phi) is 15.3. The number of halogens is 1. The molecule has 9 atom stereocenters. The van der Waals surface area contributed by atoms with Crippen molar-refractivity contribution in [1.29, 1.82) is 0 Å². The highest BCUT2D eigenvalue weighted by molar-refractivity contribution is 6.32. The summed E-state index contributed by atoms with van der Waals surface area (Å²) in [4.78, 5) is 72.6. The Morgan fingerprint density at radius 1 is 0.938 bits per heavy atom. The van der Waals surface area contributed by atoms with Gasteiger partial charge in [0.25, 0.3) is 11.7 Å². The van der Waals surface area contributed by atoms with Crippen LogP contribution >= 0.6 is 11.6 Å². The van der Waals surface area contributed by atoms with Gasteiger partial charge in [-0.15, -0.1) is 0 Å². The number of ketones is 3. The van der Waals surface area contributed by atoms with Gasteiger partial charge in [0.15, 0.2) is 0 Å². The smallest absolute Gasteiger partial charge is 0.407 e. The van der Waals surface area contributed by atoms with Crippen LogP contribution < -0.4 is 15.4 Å². The molecule has 2 aromatic rings. The van der Waals surface area contributed by atoms with Crippen molar-refractivity contribution in [2.75, 3.05) is 40.0 Å². The number of phenols is 1. The van der Waals surface area contributed by atoms with Gasteiger partial charge >= 0.3 is 11.9 Å². The van der Waals surface area contributed by atoms with Crippen molar-refractivity contribution in [3.8, 4) is 11.5 Å². The topological polar surface area (TPSA) is 219 Å². The average molecular weight is 920 g/mol. The standard InChI is InChI=1S/C48H58ClN3O13/c1-24-10-9-11-25(2)46(59)51-36-37(52-19-22-62-23-20-52)42(57)33-34(41(36)56)40(55)29(6)44-35(33)45(58)48(7,65-44)63-21-17-32(61-8)26(3)43(28(5)39(54)27(4)38(24)53)64-47(60)50-18-16-30-12-14-31(49)15-13-30/h9-15,17,21,24,26-28,32,38-39,43,53-55H,16,18-20,22-23H2,1-8H3,(H,50,60)(H,51,59)/b10-9+,21-17+,25-11-/t24-,26-,27-,28-,32+,38-,39-,43+,48+/m1/s1. The van der Waals surface area contributed by atoms with Crippen molar-refractivity contribution in [2.24, 2.45) is 23.7 Å². The molecule has 4 heterocycles. The number of aromatic hydroxyl groups is 1. The number of phenolic OH excluding ortho intramolecular Hbond substituents is 1. The number of nitrogens with zero attached hydrogens (tertiary/aromatic N) is 1. The number of Topliss-reactive ketones (excluding diaryl/α,β-unsaturated/α-hetero) is 3. The zero-order valence-corrected chi connectivity index (χ0v) is 38.6. The maximum Gasteiger partial charge on any atom is 0.407 e. The van der Waals surface area contributed by atoms with E-state index in [2.05, 4.69) is 10.6 Å². The van der Waals surface area contributed by atoms with Crippen LogP contribution in [0.4, 0.5) is 4.79 Å². The minimum absolute atomic E-state index is 0.00954. The van der Waals surface area contributed by atoms with Crippen LogP contribution in [0.2, 0.25) is 5.02 Å². The van der Waals surface area contributed by atoms with Gasteiger partial charge in [-0.25, -0.2) is 4.79 Å². The summed E-state index contributed by atoms with van der Waals surface area (Å²) in [5, 5.41) is 40.9. The van der Waals surface area contributed by atoms with E-state index in [1.54, 1.807) is 56.9 Å². The van der Waals surface area contributed by atoms with Gasteiger partial charge in [-0.05, 0) is 44.0 Å². The van der Waals surface area contributed by atoms with Gasteiger partial charge in [-0.3, -0.25) is 19.2 Å². The molecule has 65 heavy (non-hydrogen) atoms. The Morgan fingerprint density at radius 2 is 1.62 bits per heavy atom. The number of aliphatic hydroxyl groups excluding tert-OH is 2. The SMILES string of the molecule is CO[C@H]1/C=C/O[C@@]2(C)Oc3c(C)c(O)c4c(c3C2=O)C(=O)C(N2CCOCC2)=C(NC(=O)/C(C)=C\C=C\[C@@H](C)[C@@H](O)[C@@H](C)[C@@H](O)[C@@H](C)[C@@H](OC(=O)NCCc2ccc(Cl)cc2)[C@@H]1C)C4=O. The Bertz CT molecular complexity index is 2320. The predicted octanol–water partition coefficient (Wildman–Crippen LogP) is 5.35. The van der Waals surface area contributed by atoms with E-state index in [-0.39, 0.29) is 72.3 Å². The lowest BCUT2D eigenvalue weighted by Crippen LogP contribution is -2.48. The quantitative estimate of drug-likeness (QED) is 0.247. The number of nitrogens with one attached hydrogen (secondary N) is 2. The van der Waals surface area contributed by atoms with Crippen LogP contribution in [0.25, 0.3) is 0 Å². The molecule has 0 aromatic heterocycles. The number of methoxy groups -OCH3 is 1. The number of aliphatic hydroxyl groups is 2. The maximum atomic E-state index is 14.8. The molecule has 2 amide bonds. The van der Waals surface area contributed by atoms with Gasteiger partial charge in [0.1, 0.15) is 29.0 Å². The number of ether oxygens (including phenoxy) is 5. The Balaban J connectivity index is 1.40. The fraction of sp³-hybridized carbons (Fsp3) is 0.479. The lowest BCUT2D eigenvalue weighted by molar-refractivity contribution is -0.116. The van der Waals surface area contributed by atoms with E-state index in [9.17, 15) is 39.3 Å². The molecule has 0 radical (unpaired) electrons. The summed E-state index contributed by atoms with van der Waals surface area (Å²) in [6.45, 7) is 12.1. The zero-order chi connectivity index (χ0) is 47.5. The molecule has 0 spiro atoms. The summed E-state index contributed by atoms with van der Waals surface area (Å²) < 4.78 is 29.5. The highest BCUT2D eigenvalue weighted by atomic mass is 35.5. The number of carbonyl (C=O) groups excluding carboxylic acids is 5. The van der Waals surface area contributed by atoms with Crippen molar-refractivity contribution >= 4 is 41.0 Å². The van der Waals surface area contributed by atoms with Gasteiger partial charge < -0.3 is 54.5 Å². The van der Waals surface area contributed by atoms with Gasteiger partial charge in [-0.2, -0.15) is 0 Å². The summed E-state index contributed by atoms with van der Waals surface area (Å²) in [5.41, 5.74) is -0.606. The number of hydrogen-bond acceptors (Lipinski definition) is 14. The molecule has 1 saturated heterocycles. The molecule has 7 rings (SSSR count). The normalized spacial score (nSPS) is 30.8. The first-order valence-corrected chi connectivity index (χ1v) is 22.1. The number of fused-ring (bicyclic) bond motifs is 14. The minimum atomic E-state index is -2.11. The third kappa shape index (κ3) is 10.0. The molecule has 0 unspecified atom stereocenters. The lowest BCUT2D eigenvalue weighted by atomic mass is 9.78. The molecule has 4 aliphatic heterocycles. The average Bonchev–Trinajstić information content (AvgIpc) is 3.55. The lowest BCUT2D eigenvalue weighted by Gasteiger charge is -2.38. The minimum Gasteiger partial charge on any atom is -0.507 e. The Morgan fingerprint density at radius 3 is 2.28 bits per heavy atom. The van der Waals surface area contributed by atoms with Crippen molar-refractivity contribution in [1.82, 2.24) is 15.5 Å². The van der Waals surface area contributed by atoms with E-state index < -0.39 is 94.5 Å². The summed E-state index contributed by atoms with van der Waals surface area (Å²) in [6, 6.07) is 7.20. The largest absolute Gasteiger partial charge is 0.507 e. The predicted molar refractivity (Wildman–Crippen MR) is 238 cm³/mol. The maximum absolute atomic E-state index is 14.8. The van der Waals surface area contributed by atoms with E-state index >= 15 is 0 Å². The number of amides is 2. The number of morpholine rings is 1. The Hall–Kier alpha value is -5.52. The second kappa shape index (κ2) is 20.3. The first-order chi connectivity index (χ1) is 30.8. The molecule has 1 aliphatic carbocycles. The van der Waals surface area contributed by atoms with Gasteiger partial charge in [0, 0.05) is 73.5 Å². The molecule has 350 valence electrons. The first-order valence-electron chi connectivity index (χ1n) is 21.7. The molecule has 16 nitrogen and oxygen atoms in total. The van der Waals surface area contributed by atoms with Crippen LogP contribution in [0.15, 0.2) is 71.8 Å². The number of benzene rings is 2. The highest BCUT2D eigenvalue weighted by Crippen LogP contribution is 2.49. The molecule has 0 saturated carbocycles. The van der Waals surface area contributed by atoms with Crippen LogP contribution in [0.3, 0.4) is 0 Å². The van der Waals surface area contributed by atoms with Crippen molar-refractivity contribution < 1.29 is 63.0 Å². The molecule has 5 N–H and O–H groups in total. The number of rotatable bonds is 6. The van der Waals surface area contributed by atoms with Crippen LogP contribution in [-0.2, 0) is 30.2 Å². The summed E-state index contributed by atoms with van der Waals surface area (Å²) in [7, 11) is 1.42. The number of hydrogen-bond donors (Lipinski definition) is 5. The van der Waals surface area contributed by atoms with Crippen LogP contribution in [0.1, 0.15) is 83.7 Å². The number of alkyl carbamates (subject to hydrolysis) is 1. The van der Waals surface area contributed by atoms with E-state index in [1.807, 2.05) is 12.1 Å². The fourth-order valence-electron chi connectivity index (χ4n) is 8.70. The summed E-state index contributed by atoms with van der Waals surface area (Å²) >= 11 is 6.02. The van der Waals surface area contributed by atoms with Crippen molar-refractivity contribution in [3.63, 3.8) is 0 Å². The van der Waals surface area contributed by atoms with Crippen LogP contribution in [0, 0.1) is 30.6 Å². The summed E-state index contributed by atoms with van der Waals surface area (Å²) in [6.07, 6.45) is 2.88. The molecule has 1 fully saturated rings. The molecule has 2 aromatic carbocycles. The van der Waals surface area contributed by atoms with Gasteiger partial charge in [0.05, 0.1) is 54.5 Å². The van der Waals surface area contributed by atoms with Gasteiger partial charge in [-0.1, -0.05) is 69.7 Å². The monoisotopic (exact) mass is 919 g/mol. The van der Waals surface area contributed by atoms with Crippen molar-refractivity contribution in [3.05, 3.63) is 105 Å². The molecule has 17 heteroatoms. The third-order valence-corrected chi connectivity index (χ3v) is 13.0. The number of allylic oxidation sites excluding steroid dienone is 4. The van der Waals surface area contributed by atoms with E-state index in [0.717, 1.165) is 5.56 Å². The van der Waals surface area contributed by atoms with Crippen LogP contribution in [-0.4, -0.2) is 120 Å². The zero-order valence-electron chi connectivity index (χ0n) is 37.8. The fourth-order valence-corrected chi connectivity index (χ4v) is 8.82. The first kappa shape index (κ1) is 48.9. The third-order valence-electron chi connectivity index (χ3n) is 12.8. The summed E-state index contributed by atoms with van der Waals surface area (Å²) in [5.74, 6) is -8.87. The molecule has 5 bridgehead atoms. The molecular weight excluding hydrogens is 862 g/mol. The van der Waals surface area contributed by atoms with Gasteiger partial charge in [0.2, 0.25) is 11.6 Å². The number of carbonyl (C=O) groups is 5. The second-order valence-electron chi connectivity index (χ2n) is 17.2. The van der Waals surface area contributed by atoms with E-state index in [1.165, 1.54) is 46.3 Å². The second-order valence-corrected chi connectivity index (χ2v) is 17.6. The van der Waals surface area contributed by atoms with E-state index in [0.29, 0.717) is 11.4 Å². The van der Waals surface area contributed by atoms with Crippen molar-refractivity contribution in [2.45, 2.75) is 85.1 Å². The van der Waals surface area contributed by atoms with E-state index in [4.69, 9.17) is 35.3 Å². The Labute approximate surface area is 383 Å². The highest BCUT2D eigenvalue weighted by Gasteiger charge is 2.53.